The lowest BCUT2D eigenvalue weighted by Gasteiger charge is -2.10. The highest BCUT2D eigenvalue weighted by atomic mass is 16.3. The minimum absolute atomic E-state index is 0.824. The number of anilines is 2. The third-order valence-electron chi connectivity index (χ3n) is 5.71. The first-order valence-corrected chi connectivity index (χ1v) is 10.6. The Morgan fingerprint density at radius 2 is 1.34 bits per heavy atom. The van der Waals surface area contributed by atoms with E-state index in [-0.39, 0.29) is 0 Å². The minimum Gasteiger partial charge on any atom is -0.454 e. The van der Waals surface area contributed by atoms with Crippen LogP contribution >= 0.6 is 0 Å². The van der Waals surface area contributed by atoms with Crippen molar-refractivity contribution in [1.29, 1.82) is 0 Å². The topological polar surface area (TPSA) is 38.1 Å². The van der Waals surface area contributed by atoms with Gasteiger partial charge in [-0.1, -0.05) is 72.8 Å². The number of furan rings is 1. The summed E-state index contributed by atoms with van der Waals surface area (Å²) in [6, 6.07) is 37.3. The molecule has 0 aliphatic heterocycles. The maximum absolute atomic E-state index is 6.14. The minimum atomic E-state index is 0.824. The van der Waals surface area contributed by atoms with Crippen molar-refractivity contribution in [2.75, 3.05) is 5.32 Å². The second-order valence-electron chi connectivity index (χ2n) is 7.78. The summed E-state index contributed by atoms with van der Waals surface area (Å²) in [5.41, 5.74) is 8.06. The number of nitrogens with zero attached hydrogens (tertiary/aromatic N) is 1. The zero-order valence-corrected chi connectivity index (χ0v) is 17.3. The number of nitrogens with one attached hydrogen (secondary N) is 1. The molecule has 6 rings (SSSR count). The molecule has 2 heterocycles. The average Bonchev–Trinajstić information content (AvgIpc) is 3.24. The van der Waals surface area contributed by atoms with Gasteiger partial charge in [0.25, 0.3) is 0 Å². The van der Waals surface area contributed by atoms with E-state index in [1.54, 1.807) is 0 Å². The van der Waals surface area contributed by atoms with E-state index in [4.69, 9.17) is 4.42 Å². The van der Waals surface area contributed by atoms with Gasteiger partial charge in [-0.2, -0.15) is 0 Å². The van der Waals surface area contributed by atoms with Crippen LogP contribution in [0.2, 0.25) is 0 Å². The summed E-state index contributed by atoms with van der Waals surface area (Å²) in [5, 5.41) is 5.71. The molecular formula is C29H20N2O. The predicted molar refractivity (Wildman–Crippen MR) is 132 cm³/mol. The Morgan fingerprint density at radius 1 is 0.562 bits per heavy atom. The maximum atomic E-state index is 6.14. The molecule has 0 spiro atoms. The molecule has 0 aliphatic rings. The lowest BCUT2D eigenvalue weighted by molar-refractivity contribution is 0.668. The molecule has 6 aromatic rings. The molecule has 1 N–H and O–H groups in total. The summed E-state index contributed by atoms with van der Waals surface area (Å²) >= 11 is 0. The van der Waals surface area contributed by atoms with E-state index in [9.17, 15) is 0 Å². The fourth-order valence-electron chi connectivity index (χ4n) is 4.14. The highest BCUT2D eigenvalue weighted by Crippen LogP contribution is 2.34. The molecule has 0 saturated carbocycles. The lowest BCUT2D eigenvalue weighted by Crippen LogP contribution is -1.91. The molecule has 3 heteroatoms. The van der Waals surface area contributed by atoms with E-state index in [0.717, 1.165) is 44.6 Å². The Labute approximate surface area is 186 Å². The van der Waals surface area contributed by atoms with Crippen molar-refractivity contribution < 1.29 is 4.42 Å². The highest BCUT2D eigenvalue weighted by molar-refractivity contribution is 6.08. The summed E-state index contributed by atoms with van der Waals surface area (Å²) < 4.78 is 6.14. The van der Waals surface area contributed by atoms with Crippen molar-refractivity contribution in [3.05, 3.63) is 115 Å². The van der Waals surface area contributed by atoms with Gasteiger partial charge in [-0.15, -0.1) is 0 Å². The molecule has 0 aliphatic carbocycles. The van der Waals surface area contributed by atoms with Crippen LogP contribution < -0.4 is 5.32 Å². The summed E-state index contributed by atoms with van der Waals surface area (Å²) in [6.07, 6.45) is 1.85. The van der Waals surface area contributed by atoms with Crippen molar-refractivity contribution in [3.8, 4) is 22.4 Å². The van der Waals surface area contributed by atoms with Gasteiger partial charge in [0.2, 0.25) is 0 Å². The zero-order valence-electron chi connectivity index (χ0n) is 17.3. The summed E-state index contributed by atoms with van der Waals surface area (Å²) in [6.45, 7) is 0. The Bertz CT molecular complexity index is 1530. The number of hydrogen-bond acceptors (Lipinski definition) is 3. The Kier molecular flexibility index (Phi) is 4.43. The molecule has 0 fully saturated rings. The summed E-state index contributed by atoms with van der Waals surface area (Å²) in [7, 11) is 0. The monoisotopic (exact) mass is 412 g/mol. The van der Waals surface area contributed by atoms with Gasteiger partial charge in [-0.25, -0.2) is 0 Å². The summed E-state index contributed by atoms with van der Waals surface area (Å²) in [4.78, 5) is 4.62. The van der Waals surface area contributed by atoms with Gasteiger partial charge >= 0.3 is 0 Å². The van der Waals surface area contributed by atoms with E-state index < -0.39 is 0 Å². The molecule has 0 amide bonds. The number of fused-ring (bicyclic) bond motifs is 3. The number of aromatic nitrogens is 1. The first-order chi connectivity index (χ1) is 15.8. The largest absolute Gasteiger partial charge is 0.454 e. The van der Waals surface area contributed by atoms with Crippen molar-refractivity contribution >= 4 is 33.3 Å². The number of para-hydroxylation sites is 1. The van der Waals surface area contributed by atoms with Crippen LogP contribution in [0.3, 0.4) is 0 Å². The van der Waals surface area contributed by atoms with E-state index in [0.29, 0.717) is 0 Å². The Morgan fingerprint density at radius 3 is 2.22 bits per heavy atom. The van der Waals surface area contributed by atoms with E-state index in [2.05, 4.69) is 89.2 Å². The highest BCUT2D eigenvalue weighted by Gasteiger charge is 2.13. The first-order valence-electron chi connectivity index (χ1n) is 10.6. The van der Waals surface area contributed by atoms with Crippen LogP contribution in [0.25, 0.3) is 44.3 Å². The van der Waals surface area contributed by atoms with Crippen molar-refractivity contribution in [3.63, 3.8) is 0 Å². The van der Waals surface area contributed by atoms with Crippen LogP contribution in [0.5, 0.6) is 0 Å². The molecule has 0 saturated heterocycles. The number of benzene rings is 4. The predicted octanol–water partition coefficient (Wildman–Crippen LogP) is 8.06. The molecule has 2 aromatic heterocycles. The van der Waals surface area contributed by atoms with Gasteiger partial charge in [-0.3, -0.25) is 4.98 Å². The zero-order chi connectivity index (χ0) is 21.3. The molecule has 32 heavy (non-hydrogen) atoms. The van der Waals surface area contributed by atoms with Crippen LogP contribution in [-0.2, 0) is 0 Å². The van der Waals surface area contributed by atoms with Crippen LogP contribution in [-0.4, -0.2) is 4.98 Å². The quantitative estimate of drug-likeness (QED) is 0.318. The van der Waals surface area contributed by atoms with E-state index in [1.807, 2.05) is 36.5 Å². The average molecular weight is 412 g/mol. The van der Waals surface area contributed by atoms with Gasteiger partial charge in [-0.05, 0) is 47.5 Å². The lowest BCUT2D eigenvalue weighted by atomic mass is 10.0. The third-order valence-corrected chi connectivity index (χ3v) is 5.71. The molecule has 0 radical (unpaired) electrons. The maximum Gasteiger partial charge on any atom is 0.161 e. The van der Waals surface area contributed by atoms with Gasteiger partial charge in [0, 0.05) is 33.9 Å². The van der Waals surface area contributed by atoms with Crippen molar-refractivity contribution in [2.24, 2.45) is 0 Å². The number of pyridine rings is 1. The fraction of sp³-hybridized carbons (Fsp3) is 0. The molecule has 0 bridgehead atoms. The summed E-state index contributed by atoms with van der Waals surface area (Å²) in [5.74, 6) is 0. The second kappa shape index (κ2) is 7.71. The molecule has 4 aromatic carbocycles. The van der Waals surface area contributed by atoms with Crippen LogP contribution in [0, 0.1) is 0 Å². The smallest absolute Gasteiger partial charge is 0.161 e. The van der Waals surface area contributed by atoms with Crippen LogP contribution in [0.1, 0.15) is 0 Å². The van der Waals surface area contributed by atoms with Crippen molar-refractivity contribution in [2.45, 2.75) is 0 Å². The SMILES string of the molecule is c1ccc(-c2cccc(Nc3ccc(-c4nccc5c4oc4ccccc45)cc3)c2)cc1. The number of rotatable bonds is 4. The normalized spacial score (nSPS) is 11.1. The number of hydrogen-bond donors (Lipinski definition) is 1. The first kappa shape index (κ1) is 18.4. The molecule has 0 atom stereocenters. The second-order valence-corrected chi connectivity index (χ2v) is 7.78. The standard InChI is InChI=1S/C29H20N2O/c1-2-7-20(8-3-1)22-9-6-10-24(19-22)31-23-15-13-21(14-16-23)28-29-26(17-18-30-28)25-11-4-5-12-27(25)32-29/h1-19,31H. The Hall–Kier alpha value is -4.37. The van der Waals surface area contributed by atoms with Crippen LogP contribution in [0.4, 0.5) is 11.4 Å². The molecule has 0 unspecified atom stereocenters. The van der Waals surface area contributed by atoms with Gasteiger partial charge in [0.1, 0.15) is 11.3 Å². The van der Waals surface area contributed by atoms with Gasteiger partial charge in [0.15, 0.2) is 5.58 Å². The molecule has 152 valence electrons. The van der Waals surface area contributed by atoms with E-state index >= 15 is 0 Å². The fourth-order valence-corrected chi connectivity index (χ4v) is 4.14. The van der Waals surface area contributed by atoms with Gasteiger partial charge in [0.05, 0.1) is 0 Å². The van der Waals surface area contributed by atoms with Crippen molar-refractivity contribution in [1.82, 2.24) is 4.98 Å². The van der Waals surface area contributed by atoms with Crippen LogP contribution in [0.15, 0.2) is 120 Å². The molecule has 3 nitrogen and oxygen atoms in total. The third kappa shape index (κ3) is 3.30. The van der Waals surface area contributed by atoms with Gasteiger partial charge < -0.3 is 9.73 Å². The molecular weight excluding hydrogens is 392 g/mol. The van der Waals surface area contributed by atoms with E-state index in [1.165, 1.54) is 11.1 Å². The Balaban J connectivity index is 1.31.